The van der Waals surface area contributed by atoms with Crippen LogP contribution < -0.4 is 9.80 Å². The van der Waals surface area contributed by atoms with Crippen LogP contribution in [-0.2, 0) is 30.4 Å². The number of piperazine rings is 1. The molecule has 0 N–H and O–H groups in total. The summed E-state index contributed by atoms with van der Waals surface area (Å²) < 4.78 is 46.1. The maximum atomic E-state index is 13.3. The third kappa shape index (κ3) is 4.65. The lowest BCUT2D eigenvalue weighted by atomic mass is 10.2. The number of carbonyl (C=O) groups excluding carboxylic acids is 1. The zero-order valence-electron chi connectivity index (χ0n) is 20.1. The van der Waals surface area contributed by atoms with Crippen molar-refractivity contribution in [2.45, 2.75) is 46.0 Å². The molecule has 0 aliphatic carbocycles. The second kappa shape index (κ2) is 9.71. The van der Waals surface area contributed by atoms with Gasteiger partial charge in [0, 0.05) is 44.1 Å². The van der Waals surface area contributed by atoms with Gasteiger partial charge in [0.2, 0.25) is 11.8 Å². The van der Waals surface area contributed by atoms with Crippen molar-refractivity contribution < 1.29 is 22.7 Å². The van der Waals surface area contributed by atoms with Gasteiger partial charge in [-0.2, -0.15) is 18.2 Å². The van der Waals surface area contributed by atoms with Gasteiger partial charge in [-0.1, -0.05) is 13.3 Å². The average Bonchev–Trinajstić information content (AvgIpc) is 3.47. The van der Waals surface area contributed by atoms with Crippen molar-refractivity contribution >= 4 is 39.4 Å². The highest BCUT2D eigenvalue weighted by Crippen LogP contribution is 2.36. The number of aromatic nitrogens is 5. The maximum absolute atomic E-state index is 13.3. The minimum absolute atomic E-state index is 0.113. The molecule has 1 fully saturated rings. The smallest absolute Gasteiger partial charge is 0.450 e. The van der Waals surface area contributed by atoms with Crippen molar-refractivity contribution in [1.29, 1.82) is 0 Å². The number of carbonyl (C=O) groups is 1. The summed E-state index contributed by atoms with van der Waals surface area (Å²) >= 11 is 1.61. The molecule has 1 saturated heterocycles. The normalized spacial score (nSPS) is 16.5. The highest BCUT2D eigenvalue weighted by atomic mass is 32.1. The van der Waals surface area contributed by atoms with Crippen LogP contribution in [0.3, 0.4) is 0 Å². The minimum atomic E-state index is -4.54. The zero-order valence-corrected chi connectivity index (χ0v) is 20.9. The molecule has 0 radical (unpaired) electrons. The number of halogens is 3. The lowest BCUT2D eigenvalue weighted by molar-refractivity contribution is -0.147. The number of nitrogens with zero attached hydrogens (tertiary/aromatic N) is 8. The number of thiophene rings is 1. The monoisotopic (exact) mass is 524 g/mol. The maximum Gasteiger partial charge on any atom is 0.451 e. The summed E-state index contributed by atoms with van der Waals surface area (Å²) in [5.74, 6) is 0.526. The fraction of sp³-hybridized carbons (Fsp3) is 0.591. The van der Waals surface area contributed by atoms with Crippen LogP contribution in [0.25, 0.3) is 10.2 Å². The number of hydrogen-bond acceptors (Lipinski definition) is 9. The zero-order chi connectivity index (χ0) is 25.4. The molecule has 2 aliphatic heterocycles. The molecule has 0 aromatic carbocycles. The number of aryl methyl sites for hydroxylation is 1. The van der Waals surface area contributed by atoms with E-state index in [1.165, 1.54) is 4.88 Å². The first-order valence-electron chi connectivity index (χ1n) is 12.0. The summed E-state index contributed by atoms with van der Waals surface area (Å²) in [5.41, 5.74) is 0. The minimum Gasteiger partial charge on any atom is -0.450 e. The Labute approximate surface area is 209 Å². The standard InChI is InChI=1S/C22H27F3N8O2S/c1-3-5-14-12-15-17(32-10-11-33-16(13-32)28-29-19(33)22(23,24)25)26-20(27-18(15)36-14)30-6-8-31(9-7-30)21(34)35-4-2/h12H,3-11,13H2,1-2H3. The van der Waals surface area contributed by atoms with E-state index in [1.54, 1.807) is 23.2 Å². The lowest BCUT2D eigenvalue weighted by Gasteiger charge is -2.35. The Kier molecular flexibility index (Phi) is 6.62. The topological polar surface area (TPSA) is 92.5 Å². The molecule has 1 amide bonds. The molecule has 0 atom stereocenters. The summed E-state index contributed by atoms with van der Waals surface area (Å²) in [5, 5.41) is 8.10. The molecule has 36 heavy (non-hydrogen) atoms. The molecule has 10 nitrogen and oxygen atoms in total. The Hall–Kier alpha value is -3.16. The number of rotatable bonds is 5. The first kappa shape index (κ1) is 24.5. The largest absolute Gasteiger partial charge is 0.451 e. The Morgan fingerprint density at radius 3 is 2.50 bits per heavy atom. The fourth-order valence-electron chi connectivity index (χ4n) is 4.55. The molecule has 2 aliphatic rings. The van der Waals surface area contributed by atoms with Gasteiger partial charge >= 0.3 is 12.3 Å². The highest BCUT2D eigenvalue weighted by Gasteiger charge is 2.40. The molecular weight excluding hydrogens is 497 g/mol. The van der Waals surface area contributed by atoms with Crippen molar-refractivity contribution in [3.05, 3.63) is 22.6 Å². The molecule has 3 aromatic heterocycles. The van der Waals surface area contributed by atoms with Crippen LogP contribution in [-0.4, -0.2) is 75.1 Å². The molecule has 0 saturated carbocycles. The van der Waals surface area contributed by atoms with Crippen LogP contribution in [0.5, 0.6) is 0 Å². The Morgan fingerprint density at radius 1 is 1.06 bits per heavy atom. The molecule has 0 unspecified atom stereocenters. The summed E-state index contributed by atoms with van der Waals surface area (Å²) in [4.78, 5) is 29.5. The Balaban J connectivity index is 1.45. The highest BCUT2D eigenvalue weighted by molar-refractivity contribution is 7.18. The predicted molar refractivity (Wildman–Crippen MR) is 128 cm³/mol. The summed E-state index contributed by atoms with van der Waals surface area (Å²) in [6.07, 6.45) is -2.97. The van der Waals surface area contributed by atoms with Gasteiger partial charge in [-0.25, -0.2) is 9.78 Å². The van der Waals surface area contributed by atoms with Crippen molar-refractivity contribution in [3.8, 4) is 0 Å². The quantitative estimate of drug-likeness (QED) is 0.501. The number of fused-ring (bicyclic) bond motifs is 2. The van der Waals surface area contributed by atoms with Crippen molar-refractivity contribution in [2.24, 2.45) is 0 Å². The molecule has 194 valence electrons. The first-order chi connectivity index (χ1) is 17.3. The second-order valence-corrected chi connectivity index (χ2v) is 9.83. The van der Waals surface area contributed by atoms with Gasteiger partial charge in [0.05, 0.1) is 18.5 Å². The van der Waals surface area contributed by atoms with Crippen LogP contribution in [0.1, 0.15) is 36.8 Å². The van der Waals surface area contributed by atoms with Crippen molar-refractivity contribution in [3.63, 3.8) is 0 Å². The SMILES string of the molecule is CCCc1cc2c(N3CCn4c(nnc4C(F)(F)F)C3)nc(N3CCN(C(=O)OCC)CC3)nc2s1. The molecule has 14 heteroatoms. The van der Waals surface area contributed by atoms with Crippen LogP contribution in [0, 0.1) is 0 Å². The van der Waals surface area contributed by atoms with Crippen LogP contribution >= 0.6 is 11.3 Å². The van der Waals surface area contributed by atoms with Gasteiger partial charge in [0.15, 0.2) is 5.82 Å². The fourth-order valence-corrected chi connectivity index (χ4v) is 5.67. The van der Waals surface area contributed by atoms with Crippen LogP contribution in [0.2, 0.25) is 0 Å². The summed E-state index contributed by atoms with van der Waals surface area (Å²) in [6, 6.07) is 2.09. The third-order valence-electron chi connectivity index (χ3n) is 6.30. The molecule has 5 heterocycles. The van der Waals surface area contributed by atoms with E-state index < -0.39 is 12.0 Å². The second-order valence-electron chi connectivity index (χ2n) is 8.71. The van der Waals surface area contributed by atoms with Gasteiger partial charge in [0.1, 0.15) is 10.6 Å². The predicted octanol–water partition coefficient (Wildman–Crippen LogP) is 3.55. The van der Waals surface area contributed by atoms with E-state index in [1.807, 2.05) is 9.80 Å². The van der Waals surface area contributed by atoms with Crippen molar-refractivity contribution in [2.75, 3.05) is 49.1 Å². The van der Waals surface area contributed by atoms with E-state index >= 15 is 0 Å². The van der Waals surface area contributed by atoms with Gasteiger partial charge < -0.3 is 24.0 Å². The van der Waals surface area contributed by atoms with E-state index in [0.29, 0.717) is 51.1 Å². The number of amides is 1. The van der Waals surface area contributed by atoms with E-state index in [4.69, 9.17) is 14.7 Å². The number of ether oxygens (including phenoxy) is 1. The van der Waals surface area contributed by atoms with Gasteiger partial charge in [0.25, 0.3) is 0 Å². The number of hydrogen-bond donors (Lipinski definition) is 0. The van der Waals surface area contributed by atoms with Gasteiger partial charge in [-0.15, -0.1) is 21.5 Å². The average molecular weight is 525 g/mol. The van der Waals surface area contributed by atoms with E-state index in [0.717, 1.165) is 27.6 Å². The summed E-state index contributed by atoms with van der Waals surface area (Å²) in [6.45, 7) is 6.94. The molecule has 0 bridgehead atoms. The number of alkyl halides is 3. The van der Waals surface area contributed by atoms with Gasteiger partial charge in [-0.05, 0) is 19.4 Å². The molecule has 0 spiro atoms. The summed E-state index contributed by atoms with van der Waals surface area (Å²) in [7, 11) is 0. The van der Waals surface area contributed by atoms with Crippen LogP contribution in [0.15, 0.2) is 6.07 Å². The molecule has 3 aromatic rings. The molecular formula is C22H27F3N8O2S. The molecule has 5 rings (SSSR count). The van der Waals surface area contributed by atoms with E-state index in [-0.39, 0.29) is 25.0 Å². The first-order valence-corrected chi connectivity index (χ1v) is 12.8. The van der Waals surface area contributed by atoms with Crippen molar-refractivity contribution in [1.82, 2.24) is 29.6 Å². The lowest BCUT2D eigenvalue weighted by Crippen LogP contribution is -2.49. The number of anilines is 2. The van der Waals surface area contributed by atoms with E-state index in [9.17, 15) is 18.0 Å². The third-order valence-corrected chi connectivity index (χ3v) is 7.39. The van der Waals surface area contributed by atoms with Crippen LogP contribution in [0.4, 0.5) is 29.7 Å². The Bertz CT molecular complexity index is 1250. The Morgan fingerprint density at radius 2 is 1.81 bits per heavy atom. The van der Waals surface area contributed by atoms with Gasteiger partial charge in [-0.3, -0.25) is 0 Å². The van der Waals surface area contributed by atoms with E-state index in [2.05, 4.69) is 23.2 Å².